The maximum absolute atomic E-state index is 12.7. The largest absolute Gasteiger partial charge is 0.409 e. The molecule has 1 atom stereocenters. The lowest BCUT2D eigenvalue weighted by Gasteiger charge is -2.38. The maximum Gasteiger partial charge on any atom is 0.236 e. The number of aliphatic hydroxyl groups excluding tert-OH is 1. The molecular formula is C12H21N3O4. The first-order valence-electron chi connectivity index (χ1n) is 6.64. The first kappa shape index (κ1) is 14.1. The van der Waals surface area contributed by atoms with Gasteiger partial charge >= 0.3 is 0 Å². The van der Waals surface area contributed by atoms with E-state index >= 15 is 0 Å². The van der Waals surface area contributed by atoms with E-state index in [1.54, 1.807) is 4.90 Å². The number of hydrogen-bond acceptors (Lipinski definition) is 5. The third-order valence-electron chi connectivity index (χ3n) is 4.09. The number of oxime groups is 1. The van der Waals surface area contributed by atoms with Gasteiger partial charge in [0, 0.05) is 13.1 Å². The average Bonchev–Trinajstić information content (AvgIpc) is 2.96. The van der Waals surface area contributed by atoms with Gasteiger partial charge in [0.2, 0.25) is 5.91 Å². The van der Waals surface area contributed by atoms with Gasteiger partial charge in [0.05, 0.1) is 19.3 Å². The van der Waals surface area contributed by atoms with Crippen LogP contribution in [0.1, 0.15) is 25.7 Å². The molecule has 0 aromatic rings. The second-order valence-corrected chi connectivity index (χ2v) is 5.20. The number of hydrogen-bond donors (Lipinski definition) is 3. The van der Waals surface area contributed by atoms with Crippen LogP contribution >= 0.6 is 0 Å². The molecule has 1 saturated carbocycles. The first-order chi connectivity index (χ1) is 9.14. The van der Waals surface area contributed by atoms with Crippen LogP contribution in [0.15, 0.2) is 5.16 Å². The fraction of sp³-hybridized carbons (Fsp3) is 0.833. The summed E-state index contributed by atoms with van der Waals surface area (Å²) in [5.41, 5.74) is 4.89. The second-order valence-electron chi connectivity index (χ2n) is 5.20. The molecule has 2 fully saturated rings. The summed E-state index contributed by atoms with van der Waals surface area (Å²) in [7, 11) is 0. The third kappa shape index (κ3) is 2.52. The molecule has 7 nitrogen and oxygen atoms in total. The third-order valence-corrected chi connectivity index (χ3v) is 4.09. The Balaban J connectivity index is 2.16. The van der Waals surface area contributed by atoms with Gasteiger partial charge in [-0.2, -0.15) is 0 Å². The van der Waals surface area contributed by atoms with Crippen LogP contribution in [0.4, 0.5) is 0 Å². The Morgan fingerprint density at radius 1 is 1.47 bits per heavy atom. The SMILES string of the molecule is NC(=NO)C1(C(=O)N2CCOC(CO)C2)CCCC1. The van der Waals surface area contributed by atoms with Crippen molar-refractivity contribution >= 4 is 11.7 Å². The Morgan fingerprint density at radius 3 is 2.74 bits per heavy atom. The number of amidine groups is 1. The first-order valence-corrected chi connectivity index (χ1v) is 6.64. The molecule has 0 aromatic carbocycles. The summed E-state index contributed by atoms with van der Waals surface area (Å²) in [6.07, 6.45) is 2.68. The van der Waals surface area contributed by atoms with Crippen LogP contribution in [-0.4, -0.2) is 59.4 Å². The zero-order chi connectivity index (χ0) is 13.9. The van der Waals surface area contributed by atoms with Gasteiger partial charge in [0.15, 0.2) is 5.84 Å². The molecule has 2 rings (SSSR count). The van der Waals surface area contributed by atoms with Crippen LogP contribution in [0.2, 0.25) is 0 Å². The molecule has 0 radical (unpaired) electrons. The van der Waals surface area contributed by atoms with Gasteiger partial charge in [-0.15, -0.1) is 0 Å². The molecule has 0 aromatic heterocycles. The van der Waals surface area contributed by atoms with Gasteiger partial charge in [0.1, 0.15) is 5.41 Å². The van der Waals surface area contributed by atoms with Crippen LogP contribution < -0.4 is 5.73 Å². The van der Waals surface area contributed by atoms with Crippen LogP contribution in [0.3, 0.4) is 0 Å². The molecule has 1 heterocycles. The summed E-state index contributed by atoms with van der Waals surface area (Å²) in [6, 6.07) is 0. The number of amides is 1. The molecule has 108 valence electrons. The molecule has 7 heteroatoms. The van der Waals surface area contributed by atoms with Crippen molar-refractivity contribution in [2.45, 2.75) is 31.8 Å². The monoisotopic (exact) mass is 271 g/mol. The lowest BCUT2D eigenvalue weighted by molar-refractivity contribution is -0.147. The van der Waals surface area contributed by atoms with Crippen molar-refractivity contribution in [1.29, 1.82) is 0 Å². The molecule has 4 N–H and O–H groups in total. The summed E-state index contributed by atoms with van der Waals surface area (Å²) in [4.78, 5) is 14.4. The highest BCUT2D eigenvalue weighted by Gasteiger charge is 2.48. The fourth-order valence-corrected chi connectivity index (χ4v) is 2.97. The van der Waals surface area contributed by atoms with Crippen molar-refractivity contribution in [3.05, 3.63) is 0 Å². The van der Waals surface area contributed by atoms with Gasteiger partial charge in [-0.3, -0.25) is 4.79 Å². The Kier molecular flexibility index (Phi) is 4.26. The van der Waals surface area contributed by atoms with Crippen LogP contribution in [0.5, 0.6) is 0 Å². The lowest BCUT2D eigenvalue weighted by Crippen LogP contribution is -2.55. The molecule has 19 heavy (non-hydrogen) atoms. The molecule has 1 unspecified atom stereocenters. The minimum absolute atomic E-state index is 0.00189. The van der Waals surface area contributed by atoms with Crippen molar-refractivity contribution in [3.8, 4) is 0 Å². The van der Waals surface area contributed by atoms with Gasteiger partial charge in [-0.1, -0.05) is 18.0 Å². The summed E-state index contributed by atoms with van der Waals surface area (Å²) in [5.74, 6) is -0.107. The van der Waals surface area contributed by atoms with Crippen LogP contribution in [0.25, 0.3) is 0 Å². The molecule has 1 amide bonds. The molecule has 1 aliphatic heterocycles. The van der Waals surface area contributed by atoms with Crippen molar-refractivity contribution in [2.24, 2.45) is 16.3 Å². The Bertz CT molecular complexity index is 366. The van der Waals surface area contributed by atoms with E-state index in [1.165, 1.54) is 0 Å². The molecule has 2 aliphatic rings. The normalized spacial score (nSPS) is 27.5. The number of ether oxygens (including phenoxy) is 1. The lowest BCUT2D eigenvalue weighted by atomic mass is 9.83. The number of rotatable bonds is 3. The summed E-state index contributed by atoms with van der Waals surface area (Å²) in [5, 5.41) is 21.1. The van der Waals surface area contributed by atoms with E-state index in [4.69, 9.17) is 20.8 Å². The second kappa shape index (κ2) is 5.75. The van der Waals surface area contributed by atoms with Gasteiger partial charge in [0.25, 0.3) is 0 Å². The number of morpholine rings is 1. The van der Waals surface area contributed by atoms with Crippen molar-refractivity contribution < 1.29 is 19.8 Å². The highest BCUT2D eigenvalue weighted by molar-refractivity contribution is 6.07. The highest BCUT2D eigenvalue weighted by Crippen LogP contribution is 2.40. The summed E-state index contributed by atoms with van der Waals surface area (Å²) in [6.45, 7) is 1.13. The smallest absolute Gasteiger partial charge is 0.236 e. The number of aliphatic hydroxyl groups is 1. The fourth-order valence-electron chi connectivity index (χ4n) is 2.97. The van der Waals surface area contributed by atoms with Crippen molar-refractivity contribution in [1.82, 2.24) is 4.90 Å². The predicted molar refractivity (Wildman–Crippen MR) is 67.7 cm³/mol. The van der Waals surface area contributed by atoms with E-state index in [1.807, 2.05) is 0 Å². The Labute approximate surface area is 112 Å². The van der Waals surface area contributed by atoms with Crippen molar-refractivity contribution in [2.75, 3.05) is 26.3 Å². The summed E-state index contributed by atoms with van der Waals surface area (Å²) >= 11 is 0. The zero-order valence-corrected chi connectivity index (χ0v) is 10.9. The van der Waals surface area contributed by atoms with Crippen molar-refractivity contribution in [3.63, 3.8) is 0 Å². The quantitative estimate of drug-likeness (QED) is 0.278. The van der Waals surface area contributed by atoms with E-state index in [-0.39, 0.29) is 24.5 Å². The molecular weight excluding hydrogens is 250 g/mol. The van der Waals surface area contributed by atoms with Gasteiger partial charge in [-0.25, -0.2) is 0 Å². The van der Waals surface area contributed by atoms with E-state index < -0.39 is 5.41 Å². The maximum atomic E-state index is 12.7. The molecule has 0 bridgehead atoms. The van der Waals surface area contributed by atoms with E-state index in [2.05, 4.69) is 5.16 Å². The molecule has 1 saturated heterocycles. The zero-order valence-electron chi connectivity index (χ0n) is 10.9. The van der Waals surface area contributed by atoms with E-state index in [0.29, 0.717) is 32.5 Å². The average molecular weight is 271 g/mol. The standard InChI is InChI=1S/C12H21N3O4/c13-10(14-18)12(3-1-2-4-12)11(17)15-5-6-19-9(7-15)8-16/h9,16,18H,1-8H2,(H2,13,14). The molecule has 1 aliphatic carbocycles. The number of carbonyl (C=O) groups excluding carboxylic acids is 1. The Morgan fingerprint density at radius 2 is 2.16 bits per heavy atom. The predicted octanol–water partition coefficient (Wildman–Crippen LogP) is -0.487. The van der Waals surface area contributed by atoms with Gasteiger partial charge in [-0.05, 0) is 12.8 Å². The number of nitrogens with zero attached hydrogens (tertiary/aromatic N) is 2. The van der Waals surface area contributed by atoms with Crippen LogP contribution in [-0.2, 0) is 9.53 Å². The number of carbonyl (C=O) groups is 1. The van der Waals surface area contributed by atoms with Gasteiger partial charge < -0.3 is 25.7 Å². The molecule has 0 spiro atoms. The van der Waals surface area contributed by atoms with E-state index in [0.717, 1.165) is 12.8 Å². The van der Waals surface area contributed by atoms with Crippen LogP contribution in [0, 0.1) is 5.41 Å². The summed E-state index contributed by atoms with van der Waals surface area (Å²) < 4.78 is 5.34. The topological polar surface area (TPSA) is 108 Å². The minimum atomic E-state index is -0.869. The Hall–Kier alpha value is -1.34. The minimum Gasteiger partial charge on any atom is -0.409 e. The highest BCUT2D eigenvalue weighted by atomic mass is 16.5. The number of nitrogens with two attached hydrogens (primary N) is 1. The van der Waals surface area contributed by atoms with E-state index in [9.17, 15) is 4.79 Å².